The van der Waals surface area contributed by atoms with Crippen LogP contribution >= 0.6 is 0 Å². The number of rotatable bonds is 5. The molecule has 0 radical (unpaired) electrons. The van der Waals surface area contributed by atoms with Gasteiger partial charge in [0.1, 0.15) is 17.9 Å². The maximum atomic E-state index is 12.2. The smallest absolute Gasteiger partial charge is 0.246 e. The van der Waals surface area contributed by atoms with Crippen molar-refractivity contribution in [3.05, 3.63) is 59.7 Å². The standard InChI is InChI=1S/C20H22N2O3/c1-13-12-16(25-14(2)15-6-4-3-5-7-15)8-9-17(13)22-20(24)18-10-11-19(23)21-18/h3-9,12,14,18H,10-11H2,1-2H3,(H,21,23)(H,22,24). The zero-order valence-corrected chi connectivity index (χ0v) is 14.4. The lowest BCUT2D eigenvalue weighted by atomic mass is 10.1. The highest BCUT2D eigenvalue weighted by atomic mass is 16.5. The topological polar surface area (TPSA) is 67.4 Å². The first-order chi connectivity index (χ1) is 12.0. The molecule has 1 aliphatic rings. The van der Waals surface area contributed by atoms with Crippen molar-refractivity contribution in [3.63, 3.8) is 0 Å². The molecule has 2 N–H and O–H groups in total. The highest BCUT2D eigenvalue weighted by Crippen LogP contribution is 2.26. The lowest BCUT2D eigenvalue weighted by Crippen LogP contribution is -2.37. The first kappa shape index (κ1) is 17.0. The maximum absolute atomic E-state index is 12.2. The van der Waals surface area contributed by atoms with E-state index in [1.54, 1.807) is 0 Å². The second-order valence-electron chi connectivity index (χ2n) is 6.30. The summed E-state index contributed by atoms with van der Waals surface area (Å²) in [4.78, 5) is 23.4. The van der Waals surface area contributed by atoms with Gasteiger partial charge in [-0.25, -0.2) is 0 Å². The van der Waals surface area contributed by atoms with Crippen LogP contribution in [0.3, 0.4) is 0 Å². The number of hydrogen-bond acceptors (Lipinski definition) is 3. The van der Waals surface area contributed by atoms with E-state index in [1.807, 2.05) is 62.4 Å². The first-order valence-corrected chi connectivity index (χ1v) is 8.45. The lowest BCUT2D eigenvalue weighted by Gasteiger charge is -2.17. The Kier molecular flexibility index (Phi) is 5.03. The molecule has 1 heterocycles. The van der Waals surface area contributed by atoms with Gasteiger partial charge in [-0.1, -0.05) is 30.3 Å². The van der Waals surface area contributed by atoms with Crippen molar-refractivity contribution in [2.24, 2.45) is 0 Å². The zero-order valence-electron chi connectivity index (χ0n) is 14.4. The maximum Gasteiger partial charge on any atom is 0.246 e. The van der Waals surface area contributed by atoms with E-state index in [4.69, 9.17) is 4.74 Å². The van der Waals surface area contributed by atoms with E-state index in [2.05, 4.69) is 10.6 Å². The molecule has 2 aromatic rings. The Labute approximate surface area is 147 Å². The Morgan fingerprint density at radius 1 is 1.24 bits per heavy atom. The number of amides is 2. The average molecular weight is 338 g/mol. The average Bonchev–Trinajstić information content (AvgIpc) is 3.04. The molecule has 2 amide bonds. The van der Waals surface area contributed by atoms with Gasteiger partial charge in [0.2, 0.25) is 11.8 Å². The Hall–Kier alpha value is -2.82. The zero-order chi connectivity index (χ0) is 17.8. The van der Waals surface area contributed by atoms with Crippen molar-refractivity contribution in [2.75, 3.05) is 5.32 Å². The highest BCUT2D eigenvalue weighted by molar-refractivity contribution is 5.99. The van der Waals surface area contributed by atoms with Gasteiger partial charge in [0.25, 0.3) is 0 Å². The molecule has 2 atom stereocenters. The van der Waals surface area contributed by atoms with Gasteiger partial charge in [-0.3, -0.25) is 9.59 Å². The van der Waals surface area contributed by atoms with Crippen LogP contribution in [0.4, 0.5) is 5.69 Å². The van der Waals surface area contributed by atoms with Crippen molar-refractivity contribution in [1.29, 1.82) is 0 Å². The van der Waals surface area contributed by atoms with Crippen LogP contribution in [0.25, 0.3) is 0 Å². The minimum atomic E-state index is -0.444. The van der Waals surface area contributed by atoms with Gasteiger partial charge >= 0.3 is 0 Å². The molecule has 3 rings (SSSR count). The summed E-state index contributed by atoms with van der Waals surface area (Å²) in [6, 6.07) is 15.1. The number of carbonyl (C=O) groups is 2. The van der Waals surface area contributed by atoms with Gasteiger partial charge in [0.15, 0.2) is 0 Å². The Balaban J connectivity index is 1.64. The highest BCUT2D eigenvalue weighted by Gasteiger charge is 2.27. The number of ether oxygens (including phenoxy) is 1. The fraction of sp³-hybridized carbons (Fsp3) is 0.300. The third-order valence-corrected chi connectivity index (χ3v) is 4.35. The summed E-state index contributed by atoms with van der Waals surface area (Å²) in [7, 11) is 0. The molecule has 25 heavy (non-hydrogen) atoms. The summed E-state index contributed by atoms with van der Waals surface area (Å²) in [5.41, 5.74) is 2.75. The van der Waals surface area contributed by atoms with Gasteiger partial charge < -0.3 is 15.4 Å². The van der Waals surface area contributed by atoms with Crippen LogP contribution in [-0.2, 0) is 9.59 Å². The molecule has 2 aromatic carbocycles. The van der Waals surface area contributed by atoms with E-state index in [9.17, 15) is 9.59 Å². The third-order valence-electron chi connectivity index (χ3n) is 4.35. The van der Waals surface area contributed by atoms with Crippen molar-refractivity contribution >= 4 is 17.5 Å². The summed E-state index contributed by atoms with van der Waals surface area (Å²) in [6.07, 6.45) is 0.885. The monoisotopic (exact) mass is 338 g/mol. The quantitative estimate of drug-likeness (QED) is 0.878. The molecule has 130 valence electrons. The molecule has 1 aliphatic heterocycles. The lowest BCUT2D eigenvalue weighted by molar-refractivity contribution is -0.122. The first-order valence-electron chi connectivity index (χ1n) is 8.45. The minimum Gasteiger partial charge on any atom is -0.486 e. The molecule has 0 bridgehead atoms. The number of carbonyl (C=O) groups excluding carboxylic acids is 2. The SMILES string of the molecule is Cc1cc(OC(C)c2ccccc2)ccc1NC(=O)C1CCC(=O)N1. The molecule has 2 unspecified atom stereocenters. The molecular weight excluding hydrogens is 316 g/mol. The van der Waals surface area contributed by atoms with E-state index in [1.165, 1.54) is 0 Å². The van der Waals surface area contributed by atoms with Gasteiger partial charge in [-0.05, 0) is 49.6 Å². The molecule has 0 aromatic heterocycles. The van der Waals surface area contributed by atoms with Crippen LogP contribution in [0.2, 0.25) is 0 Å². The number of hydrogen-bond donors (Lipinski definition) is 2. The second kappa shape index (κ2) is 7.38. The van der Waals surface area contributed by atoms with E-state index >= 15 is 0 Å². The molecule has 0 saturated carbocycles. The largest absolute Gasteiger partial charge is 0.486 e. The fourth-order valence-electron chi connectivity index (χ4n) is 2.88. The summed E-state index contributed by atoms with van der Waals surface area (Å²) in [5.74, 6) is 0.497. The van der Waals surface area contributed by atoms with Crippen LogP contribution in [0, 0.1) is 6.92 Å². The van der Waals surface area contributed by atoms with Crippen molar-refractivity contribution in [3.8, 4) is 5.75 Å². The molecule has 1 saturated heterocycles. The summed E-state index contributed by atoms with van der Waals surface area (Å²) in [5, 5.41) is 5.55. The van der Waals surface area contributed by atoms with Crippen LogP contribution in [0.15, 0.2) is 48.5 Å². The molecule has 0 spiro atoms. The second-order valence-corrected chi connectivity index (χ2v) is 6.30. The van der Waals surface area contributed by atoms with E-state index in [0.29, 0.717) is 12.8 Å². The molecule has 5 heteroatoms. The molecule has 0 aliphatic carbocycles. The van der Waals surface area contributed by atoms with Gasteiger partial charge in [-0.15, -0.1) is 0 Å². The van der Waals surface area contributed by atoms with Crippen molar-refractivity contribution < 1.29 is 14.3 Å². The van der Waals surface area contributed by atoms with Crippen LogP contribution in [-0.4, -0.2) is 17.9 Å². The predicted molar refractivity (Wildman–Crippen MR) is 96.5 cm³/mol. The molecule has 1 fully saturated rings. The Morgan fingerprint density at radius 3 is 2.64 bits per heavy atom. The summed E-state index contributed by atoms with van der Waals surface area (Å²) >= 11 is 0. The number of nitrogens with one attached hydrogen (secondary N) is 2. The van der Waals surface area contributed by atoms with E-state index < -0.39 is 6.04 Å². The normalized spacial score (nSPS) is 17.7. The van der Waals surface area contributed by atoms with Gasteiger partial charge in [0.05, 0.1) is 0 Å². The summed E-state index contributed by atoms with van der Waals surface area (Å²) in [6.45, 7) is 3.92. The van der Waals surface area contributed by atoms with E-state index in [-0.39, 0.29) is 17.9 Å². The van der Waals surface area contributed by atoms with Gasteiger partial charge in [0, 0.05) is 12.1 Å². The number of anilines is 1. The number of aryl methyl sites for hydroxylation is 1. The number of benzene rings is 2. The van der Waals surface area contributed by atoms with Crippen molar-refractivity contribution in [1.82, 2.24) is 5.32 Å². The van der Waals surface area contributed by atoms with Crippen LogP contribution in [0.5, 0.6) is 5.75 Å². The Morgan fingerprint density at radius 2 is 2.00 bits per heavy atom. The van der Waals surface area contributed by atoms with Crippen LogP contribution in [0.1, 0.15) is 37.0 Å². The van der Waals surface area contributed by atoms with Crippen molar-refractivity contribution in [2.45, 2.75) is 38.8 Å². The van der Waals surface area contributed by atoms with Gasteiger partial charge in [-0.2, -0.15) is 0 Å². The fourth-order valence-corrected chi connectivity index (χ4v) is 2.88. The Bertz CT molecular complexity index is 774. The molecule has 5 nitrogen and oxygen atoms in total. The minimum absolute atomic E-state index is 0.0604. The third kappa shape index (κ3) is 4.18. The van der Waals surface area contributed by atoms with Crippen LogP contribution < -0.4 is 15.4 Å². The summed E-state index contributed by atoms with van der Waals surface area (Å²) < 4.78 is 5.99. The van der Waals surface area contributed by atoms with E-state index in [0.717, 1.165) is 22.6 Å². The molecular formula is C20H22N2O3. The predicted octanol–water partition coefficient (Wildman–Crippen LogP) is 3.35.